The zero-order chi connectivity index (χ0) is 19.1. The highest BCUT2D eigenvalue weighted by molar-refractivity contribution is 6.16. The number of Topliss-reactive ketones (excluding diaryl/α,β-unsaturated/α-hetero) is 1. The van der Waals surface area contributed by atoms with E-state index in [1.807, 2.05) is 0 Å². The van der Waals surface area contributed by atoms with Crippen LogP contribution in [0.2, 0.25) is 0 Å². The van der Waals surface area contributed by atoms with E-state index in [-0.39, 0.29) is 17.3 Å². The van der Waals surface area contributed by atoms with Gasteiger partial charge in [-0.2, -0.15) is 0 Å². The number of fused-ring (bicyclic) bond motifs is 1. The number of amides is 1. The number of carbonyl (C=O) groups excluding carboxylic acids is 2. The van der Waals surface area contributed by atoms with Crippen molar-refractivity contribution in [2.75, 3.05) is 18.1 Å². The van der Waals surface area contributed by atoms with Crippen molar-refractivity contribution in [2.45, 2.75) is 19.9 Å². The smallest absolute Gasteiger partial charge is 0.294 e. The van der Waals surface area contributed by atoms with E-state index < -0.39 is 17.7 Å². The monoisotopic (exact) mass is 369 g/mol. The third-order valence-electron chi connectivity index (χ3n) is 4.61. The van der Waals surface area contributed by atoms with E-state index in [0.29, 0.717) is 36.2 Å². The molecule has 2 aliphatic heterocycles. The Morgan fingerprint density at radius 2 is 1.93 bits per heavy atom. The molecule has 4 rings (SSSR count). The summed E-state index contributed by atoms with van der Waals surface area (Å²) in [4.78, 5) is 27.0. The van der Waals surface area contributed by atoms with Gasteiger partial charge in [-0.05, 0) is 24.3 Å². The maximum Gasteiger partial charge on any atom is 0.294 e. The fraction of sp³-hybridized carbons (Fsp3) is 0.300. The van der Waals surface area contributed by atoms with Crippen LogP contribution in [-0.2, 0) is 9.59 Å². The fourth-order valence-electron chi connectivity index (χ4n) is 3.33. The molecule has 1 unspecified atom stereocenters. The average molecular weight is 369 g/mol. The van der Waals surface area contributed by atoms with E-state index in [1.54, 1.807) is 44.2 Å². The second-order valence-corrected chi connectivity index (χ2v) is 6.70. The van der Waals surface area contributed by atoms with Crippen LogP contribution in [0.3, 0.4) is 0 Å². The molecule has 0 saturated carbocycles. The molecule has 7 nitrogen and oxygen atoms in total. The fourth-order valence-corrected chi connectivity index (χ4v) is 3.33. The van der Waals surface area contributed by atoms with Crippen molar-refractivity contribution in [1.29, 1.82) is 0 Å². The lowest BCUT2D eigenvalue weighted by Crippen LogP contribution is -2.31. The maximum atomic E-state index is 12.9. The molecule has 0 fully saturated rings. The Bertz CT molecular complexity index is 928. The van der Waals surface area contributed by atoms with Crippen LogP contribution in [0.25, 0.3) is 0 Å². The van der Waals surface area contributed by atoms with Crippen LogP contribution >= 0.6 is 0 Å². The molecule has 1 amide bonds. The van der Waals surface area contributed by atoms with Crippen molar-refractivity contribution in [1.82, 2.24) is 0 Å². The molecular weight excluding hydrogens is 350 g/mol. The van der Waals surface area contributed by atoms with E-state index in [2.05, 4.69) is 0 Å². The minimum absolute atomic E-state index is 0.0415. The molecule has 1 aromatic heterocycles. The predicted octanol–water partition coefficient (Wildman–Crippen LogP) is 3.18. The first-order valence-corrected chi connectivity index (χ1v) is 8.73. The molecular formula is C20H19NO6. The number of furan rings is 1. The van der Waals surface area contributed by atoms with Gasteiger partial charge in [-0.1, -0.05) is 13.8 Å². The molecule has 7 heteroatoms. The molecule has 1 atom stereocenters. The third kappa shape index (κ3) is 2.75. The topological polar surface area (TPSA) is 89.2 Å². The van der Waals surface area contributed by atoms with Gasteiger partial charge in [0.25, 0.3) is 5.91 Å². The highest BCUT2D eigenvalue weighted by atomic mass is 16.6. The van der Waals surface area contributed by atoms with Crippen LogP contribution in [0.4, 0.5) is 5.69 Å². The molecule has 2 aliphatic rings. The van der Waals surface area contributed by atoms with Crippen molar-refractivity contribution < 1.29 is 28.6 Å². The summed E-state index contributed by atoms with van der Waals surface area (Å²) in [5, 5.41) is 10.5. The SMILES string of the molecule is CC(C)C(=O)C1=C(O)C(=O)N(c2ccc3c(c2)OCCO3)C1c1ccco1. The zero-order valence-corrected chi connectivity index (χ0v) is 15.0. The number of nitrogens with zero attached hydrogens (tertiary/aromatic N) is 1. The lowest BCUT2D eigenvalue weighted by atomic mass is 9.94. The quantitative estimate of drug-likeness (QED) is 0.890. The first-order chi connectivity index (χ1) is 13.0. The number of anilines is 1. The first-order valence-electron chi connectivity index (χ1n) is 8.73. The van der Waals surface area contributed by atoms with Gasteiger partial charge in [-0.25, -0.2) is 0 Å². The summed E-state index contributed by atoms with van der Waals surface area (Å²) in [6.07, 6.45) is 1.47. The van der Waals surface area contributed by atoms with Crippen molar-refractivity contribution in [3.8, 4) is 11.5 Å². The van der Waals surface area contributed by atoms with Gasteiger partial charge in [-0.15, -0.1) is 0 Å². The van der Waals surface area contributed by atoms with Gasteiger partial charge >= 0.3 is 0 Å². The molecule has 1 aromatic carbocycles. The van der Waals surface area contributed by atoms with Gasteiger partial charge in [0, 0.05) is 17.7 Å². The summed E-state index contributed by atoms with van der Waals surface area (Å²) in [6.45, 7) is 4.31. The number of ether oxygens (including phenoxy) is 2. The largest absolute Gasteiger partial charge is 0.503 e. The van der Waals surface area contributed by atoms with Gasteiger partial charge in [-0.3, -0.25) is 14.5 Å². The third-order valence-corrected chi connectivity index (χ3v) is 4.61. The van der Waals surface area contributed by atoms with Gasteiger partial charge in [0.1, 0.15) is 25.0 Å². The molecule has 0 spiro atoms. The second kappa shape index (κ2) is 6.50. The highest BCUT2D eigenvalue weighted by Gasteiger charge is 2.46. The van der Waals surface area contributed by atoms with E-state index >= 15 is 0 Å². The van der Waals surface area contributed by atoms with E-state index in [9.17, 15) is 14.7 Å². The van der Waals surface area contributed by atoms with Crippen LogP contribution in [0.15, 0.2) is 52.3 Å². The number of carbonyl (C=O) groups is 2. The van der Waals surface area contributed by atoms with Crippen LogP contribution in [0.5, 0.6) is 11.5 Å². The van der Waals surface area contributed by atoms with E-state index in [4.69, 9.17) is 13.9 Å². The van der Waals surface area contributed by atoms with Gasteiger partial charge < -0.3 is 19.0 Å². The van der Waals surface area contributed by atoms with E-state index in [0.717, 1.165) is 0 Å². The summed E-state index contributed by atoms with van der Waals surface area (Å²) < 4.78 is 16.6. The molecule has 140 valence electrons. The second-order valence-electron chi connectivity index (χ2n) is 6.70. The van der Waals surface area contributed by atoms with Gasteiger partial charge in [0.05, 0.1) is 11.8 Å². The molecule has 3 heterocycles. The predicted molar refractivity (Wildman–Crippen MR) is 95.9 cm³/mol. The van der Waals surface area contributed by atoms with Crippen molar-refractivity contribution in [3.05, 3.63) is 53.7 Å². The summed E-state index contributed by atoms with van der Waals surface area (Å²) in [5.41, 5.74) is 0.517. The van der Waals surface area contributed by atoms with Crippen LogP contribution in [-0.4, -0.2) is 30.0 Å². The molecule has 1 N–H and O–H groups in total. The maximum absolute atomic E-state index is 12.9. The lowest BCUT2D eigenvalue weighted by Gasteiger charge is -2.27. The van der Waals surface area contributed by atoms with Crippen LogP contribution in [0, 0.1) is 5.92 Å². The van der Waals surface area contributed by atoms with Crippen molar-refractivity contribution in [2.24, 2.45) is 5.92 Å². The Morgan fingerprint density at radius 3 is 2.59 bits per heavy atom. The summed E-state index contributed by atoms with van der Waals surface area (Å²) in [6, 6.07) is 7.57. The summed E-state index contributed by atoms with van der Waals surface area (Å²) in [7, 11) is 0. The molecule has 0 aliphatic carbocycles. The zero-order valence-electron chi connectivity index (χ0n) is 15.0. The lowest BCUT2D eigenvalue weighted by molar-refractivity contribution is -0.119. The number of rotatable bonds is 4. The normalized spacial score (nSPS) is 19.1. The molecule has 0 saturated heterocycles. The Kier molecular flexibility index (Phi) is 4.14. The molecule has 0 radical (unpaired) electrons. The first kappa shape index (κ1) is 17.2. The summed E-state index contributed by atoms with van der Waals surface area (Å²) >= 11 is 0. The highest BCUT2D eigenvalue weighted by Crippen LogP contribution is 2.44. The number of hydrogen-bond donors (Lipinski definition) is 1. The molecule has 2 aromatic rings. The number of aliphatic hydroxyl groups excluding tert-OH is 1. The minimum Gasteiger partial charge on any atom is -0.503 e. The molecule has 0 bridgehead atoms. The van der Waals surface area contributed by atoms with Gasteiger partial charge in [0.15, 0.2) is 23.0 Å². The van der Waals surface area contributed by atoms with Crippen molar-refractivity contribution in [3.63, 3.8) is 0 Å². The van der Waals surface area contributed by atoms with Crippen LogP contribution < -0.4 is 14.4 Å². The Hall–Kier alpha value is -3.22. The standard InChI is InChI=1S/C20H19NO6/c1-11(2)18(22)16-17(14-4-3-7-25-14)21(20(24)19(16)23)12-5-6-13-15(10-12)27-9-8-26-13/h3-7,10-11,17,23H,8-9H2,1-2H3. The minimum atomic E-state index is -0.843. The number of hydrogen-bond acceptors (Lipinski definition) is 6. The number of ketones is 1. The van der Waals surface area contributed by atoms with Crippen LogP contribution in [0.1, 0.15) is 25.6 Å². The Labute approximate surface area is 155 Å². The van der Waals surface area contributed by atoms with E-state index in [1.165, 1.54) is 11.2 Å². The van der Waals surface area contributed by atoms with Crippen molar-refractivity contribution >= 4 is 17.4 Å². The van der Waals surface area contributed by atoms with Gasteiger partial charge in [0.2, 0.25) is 0 Å². The number of aliphatic hydroxyl groups is 1. The Morgan fingerprint density at radius 1 is 1.19 bits per heavy atom. The summed E-state index contributed by atoms with van der Waals surface area (Å²) in [5.74, 6) is -0.405. The Balaban J connectivity index is 1.83. The molecule has 27 heavy (non-hydrogen) atoms. The average Bonchev–Trinajstić information content (AvgIpc) is 3.28. The number of benzene rings is 1.